The topological polar surface area (TPSA) is 50.2 Å². The second kappa shape index (κ2) is 5.34. The summed E-state index contributed by atoms with van der Waals surface area (Å²) in [5, 5.41) is 10.2. The third kappa shape index (κ3) is 2.59. The van der Waals surface area contributed by atoms with Crippen LogP contribution in [0.3, 0.4) is 0 Å². The van der Waals surface area contributed by atoms with E-state index in [1.165, 1.54) is 0 Å². The van der Waals surface area contributed by atoms with Crippen molar-refractivity contribution in [2.75, 3.05) is 0 Å². The maximum Gasteiger partial charge on any atom is 0.336 e. The monoisotopic (exact) mass is 347 g/mol. The van der Waals surface area contributed by atoms with Crippen molar-refractivity contribution in [3.05, 3.63) is 63.1 Å². The van der Waals surface area contributed by atoms with Crippen LogP contribution in [0.5, 0.6) is 0 Å². The normalized spacial score (nSPS) is 10.8. The fraction of sp³-hybridized carbons (Fsp3) is 0.0667. The number of carbonyl (C=O) groups is 1. The quantitative estimate of drug-likeness (QED) is 0.766. The highest BCUT2D eigenvalue weighted by atomic mass is 79.9. The van der Waals surface area contributed by atoms with Gasteiger partial charge in [0, 0.05) is 10.9 Å². The summed E-state index contributed by atoms with van der Waals surface area (Å²) < 4.78 is 1.89. The number of fused-ring (bicyclic) bond motifs is 1. The number of para-hydroxylation sites is 1. The maximum absolute atomic E-state index is 11.3. The molecule has 0 spiro atoms. The molecule has 5 heteroatoms. The lowest BCUT2D eigenvalue weighted by Gasteiger charge is -2.04. The van der Waals surface area contributed by atoms with Crippen LogP contribution in [0.1, 0.15) is 20.9 Å². The Morgan fingerprint density at radius 2 is 2.05 bits per heavy atom. The van der Waals surface area contributed by atoms with Gasteiger partial charge in [0.05, 0.1) is 20.8 Å². The predicted molar refractivity (Wildman–Crippen MR) is 83.5 cm³/mol. The van der Waals surface area contributed by atoms with E-state index in [0.29, 0.717) is 12.0 Å². The fourth-order valence-electron chi connectivity index (χ4n) is 2.06. The molecule has 1 aromatic heterocycles. The van der Waals surface area contributed by atoms with E-state index in [4.69, 9.17) is 0 Å². The fourth-order valence-corrected chi connectivity index (χ4v) is 3.41. The Labute approximate surface area is 128 Å². The number of rotatable bonds is 3. The zero-order chi connectivity index (χ0) is 14.1. The van der Waals surface area contributed by atoms with E-state index >= 15 is 0 Å². The molecule has 20 heavy (non-hydrogen) atoms. The molecule has 0 atom stereocenters. The summed E-state index contributed by atoms with van der Waals surface area (Å²) in [4.78, 5) is 15.8. The van der Waals surface area contributed by atoms with Crippen molar-refractivity contribution in [3.8, 4) is 0 Å². The van der Waals surface area contributed by atoms with E-state index < -0.39 is 5.97 Å². The van der Waals surface area contributed by atoms with E-state index in [2.05, 4.69) is 20.9 Å². The maximum atomic E-state index is 11.3. The first-order valence-corrected chi connectivity index (χ1v) is 7.60. The zero-order valence-electron chi connectivity index (χ0n) is 10.3. The van der Waals surface area contributed by atoms with Crippen LogP contribution in [0, 0.1) is 0 Å². The molecule has 0 unspecified atom stereocenters. The second-order valence-electron chi connectivity index (χ2n) is 4.36. The number of hydrogen-bond acceptors (Lipinski definition) is 3. The summed E-state index contributed by atoms with van der Waals surface area (Å²) in [6.45, 7) is 0. The minimum absolute atomic E-state index is 0.318. The van der Waals surface area contributed by atoms with Crippen molar-refractivity contribution in [3.63, 3.8) is 0 Å². The van der Waals surface area contributed by atoms with Crippen LogP contribution in [0.4, 0.5) is 0 Å². The number of hydrogen-bond donors (Lipinski definition) is 1. The van der Waals surface area contributed by atoms with E-state index in [0.717, 1.165) is 25.3 Å². The molecule has 0 saturated carbocycles. The molecule has 0 fully saturated rings. The number of nitrogens with zero attached hydrogens (tertiary/aromatic N) is 1. The van der Waals surface area contributed by atoms with Gasteiger partial charge in [-0.3, -0.25) is 0 Å². The number of benzene rings is 2. The molecule has 3 nitrogen and oxygen atoms in total. The van der Waals surface area contributed by atoms with Gasteiger partial charge in [-0.25, -0.2) is 9.78 Å². The van der Waals surface area contributed by atoms with Crippen molar-refractivity contribution in [1.29, 1.82) is 0 Å². The van der Waals surface area contributed by atoms with Gasteiger partial charge in [0.25, 0.3) is 0 Å². The third-order valence-corrected chi connectivity index (χ3v) is 4.51. The average molecular weight is 348 g/mol. The molecule has 1 N–H and O–H groups in total. The molecule has 0 amide bonds. The number of carboxylic acid groups (broad SMARTS) is 1. The van der Waals surface area contributed by atoms with E-state index in [9.17, 15) is 9.90 Å². The summed E-state index contributed by atoms with van der Waals surface area (Å²) >= 11 is 4.90. The Hall–Kier alpha value is -1.72. The third-order valence-electron chi connectivity index (χ3n) is 2.98. The Morgan fingerprint density at radius 3 is 2.80 bits per heavy atom. The molecule has 0 aliphatic heterocycles. The van der Waals surface area contributed by atoms with Gasteiger partial charge in [-0.15, -0.1) is 11.3 Å². The minimum atomic E-state index is -0.914. The van der Waals surface area contributed by atoms with Gasteiger partial charge < -0.3 is 5.11 Å². The van der Waals surface area contributed by atoms with Gasteiger partial charge in [-0.1, -0.05) is 34.1 Å². The van der Waals surface area contributed by atoms with E-state index in [-0.39, 0.29) is 0 Å². The van der Waals surface area contributed by atoms with Crippen LogP contribution >= 0.6 is 27.3 Å². The Kier molecular flexibility index (Phi) is 3.54. The van der Waals surface area contributed by atoms with Crippen LogP contribution in [0.25, 0.3) is 10.2 Å². The summed E-state index contributed by atoms with van der Waals surface area (Å²) in [6.07, 6.45) is 0.536. The highest BCUT2D eigenvalue weighted by molar-refractivity contribution is 9.10. The largest absolute Gasteiger partial charge is 0.478 e. The van der Waals surface area contributed by atoms with E-state index in [1.54, 1.807) is 17.4 Å². The van der Waals surface area contributed by atoms with Gasteiger partial charge in [-0.2, -0.15) is 0 Å². The summed E-state index contributed by atoms with van der Waals surface area (Å²) in [7, 11) is 0. The van der Waals surface area contributed by atoms with Gasteiger partial charge in [0.1, 0.15) is 0 Å². The van der Waals surface area contributed by atoms with Crippen molar-refractivity contribution in [2.45, 2.75) is 6.42 Å². The van der Waals surface area contributed by atoms with Crippen LogP contribution in [0.2, 0.25) is 0 Å². The van der Waals surface area contributed by atoms with Crippen molar-refractivity contribution in [2.24, 2.45) is 0 Å². The summed E-state index contributed by atoms with van der Waals surface area (Å²) in [6, 6.07) is 13.2. The van der Waals surface area contributed by atoms with Crippen molar-refractivity contribution < 1.29 is 9.90 Å². The standard InChI is InChI=1S/C15H10BrNO2S/c16-10-6-5-9(11(8-10)15(18)19)7-14-17-12-3-1-2-4-13(12)20-14/h1-6,8H,7H2,(H,18,19). The van der Waals surface area contributed by atoms with Crippen LogP contribution in [0.15, 0.2) is 46.9 Å². The smallest absolute Gasteiger partial charge is 0.336 e. The molecular formula is C15H10BrNO2S. The number of aromatic carboxylic acids is 1. The van der Waals surface area contributed by atoms with Crippen LogP contribution in [-0.4, -0.2) is 16.1 Å². The first kappa shape index (κ1) is 13.3. The minimum Gasteiger partial charge on any atom is -0.478 e. The highest BCUT2D eigenvalue weighted by Crippen LogP contribution is 2.25. The SMILES string of the molecule is O=C(O)c1cc(Br)ccc1Cc1nc2ccccc2s1. The Morgan fingerprint density at radius 1 is 1.25 bits per heavy atom. The summed E-state index contributed by atoms with van der Waals surface area (Å²) in [5.41, 5.74) is 2.06. The molecule has 0 saturated heterocycles. The number of halogens is 1. The zero-order valence-corrected chi connectivity index (χ0v) is 12.7. The number of carboxylic acids is 1. The molecule has 2 aromatic carbocycles. The van der Waals surface area contributed by atoms with Gasteiger partial charge >= 0.3 is 5.97 Å². The van der Waals surface area contributed by atoms with Gasteiger partial charge in [0.2, 0.25) is 0 Å². The lowest BCUT2D eigenvalue weighted by Crippen LogP contribution is -2.03. The molecule has 3 aromatic rings. The second-order valence-corrected chi connectivity index (χ2v) is 6.39. The van der Waals surface area contributed by atoms with Crippen molar-refractivity contribution >= 4 is 43.5 Å². The van der Waals surface area contributed by atoms with Crippen LogP contribution in [-0.2, 0) is 6.42 Å². The first-order valence-electron chi connectivity index (χ1n) is 5.99. The van der Waals surface area contributed by atoms with Gasteiger partial charge in [-0.05, 0) is 29.8 Å². The van der Waals surface area contributed by atoms with Crippen molar-refractivity contribution in [1.82, 2.24) is 4.98 Å². The van der Waals surface area contributed by atoms with Crippen LogP contribution < -0.4 is 0 Å². The van der Waals surface area contributed by atoms with Gasteiger partial charge in [0.15, 0.2) is 0 Å². The number of aromatic nitrogens is 1. The Balaban J connectivity index is 2.00. The first-order chi connectivity index (χ1) is 9.63. The molecule has 0 aliphatic carbocycles. The highest BCUT2D eigenvalue weighted by Gasteiger charge is 2.13. The molecule has 0 aliphatic rings. The predicted octanol–water partition coefficient (Wildman–Crippen LogP) is 4.35. The molecule has 0 bridgehead atoms. The molecule has 1 heterocycles. The summed E-state index contributed by atoms with van der Waals surface area (Å²) in [5.74, 6) is -0.914. The molecular weight excluding hydrogens is 338 g/mol. The number of thiazole rings is 1. The lowest BCUT2D eigenvalue weighted by atomic mass is 10.1. The molecule has 100 valence electrons. The van der Waals surface area contributed by atoms with E-state index in [1.807, 2.05) is 36.4 Å². The average Bonchev–Trinajstić information content (AvgIpc) is 2.82. The lowest BCUT2D eigenvalue weighted by molar-refractivity contribution is 0.0696. The molecule has 3 rings (SSSR count). The Bertz CT molecular complexity index is 764. The molecule has 0 radical (unpaired) electrons.